The molecule has 0 aliphatic rings. The number of phenolic OH excluding ortho intramolecular Hbond substituents is 1. The number of fused-ring (bicyclic) bond motifs is 1. The molecule has 0 radical (unpaired) electrons. The van der Waals surface area contributed by atoms with Crippen molar-refractivity contribution in [3.63, 3.8) is 0 Å². The molecule has 1 aromatic heterocycles. The first-order valence-electron chi connectivity index (χ1n) is 5.91. The van der Waals surface area contributed by atoms with Crippen molar-refractivity contribution in [2.75, 3.05) is 0 Å². The van der Waals surface area contributed by atoms with Gasteiger partial charge in [-0.3, -0.25) is 0 Å². The first-order chi connectivity index (χ1) is 9.24. The van der Waals surface area contributed by atoms with Crippen molar-refractivity contribution >= 4 is 10.9 Å². The highest BCUT2D eigenvalue weighted by Gasteiger charge is 2.06. The van der Waals surface area contributed by atoms with Crippen LogP contribution in [0.5, 0.6) is 11.5 Å². The van der Waals surface area contributed by atoms with E-state index in [0.29, 0.717) is 11.1 Å². The largest absolute Gasteiger partial charge is 0.504 e. The van der Waals surface area contributed by atoms with E-state index in [1.165, 1.54) is 6.07 Å². The van der Waals surface area contributed by atoms with E-state index in [9.17, 15) is 9.50 Å². The fraction of sp³-hybridized carbons (Fsp3) is 0.0667. The Labute approximate surface area is 109 Å². The number of nitrogens with one attached hydrogen (secondary N) is 1. The molecule has 4 heteroatoms. The third kappa shape index (κ3) is 2.25. The minimum Gasteiger partial charge on any atom is -0.504 e. The van der Waals surface area contributed by atoms with Crippen LogP contribution in [-0.4, -0.2) is 10.1 Å². The molecule has 3 nitrogen and oxygen atoms in total. The molecule has 0 spiro atoms. The average molecular weight is 257 g/mol. The van der Waals surface area contributed by atoms with Crippen molar-refractivity contribution in [2.45, 2.75) is 6.61 Å². The van der Waals surface area contributed by atoms with Gasteiger partial charge in [0.1, 0.15) is 12.4 Å². The zero-order valence-corrected chi connectivity index (χ0v) is 10.1. The Morgan fingerprint density at radius 3 is 2.74 bits per heavy atom. The van der Waals surface area contributed by atoms with Crippen LogP contribution >= 0.6 is 0 Å². The van der Waals surface area contributed by atoms with Gasteiger partial charge in [0.25, 0.3) is 0 Å². The van der Waals surface area contributed by atoms with Crippen LogP contribution < -0.4 is 4.74 Å². The van der Waals surface area contributed by atoms with E-state index in [0.717, 1.165) is 11.2 Å². The van der Waals surface area contributed by atoms with Gasteiger partial charge in [-0.2, -0.15) is 0 Å². The van der Waals surface area contributed by atoms with E-state index in [1.807, 2.05) is 6.07 Å². The summed E-state index contributed by atoms with van der Waals surface area (Å²) in [5.41, 5.74) is 1.49. The van der Waals surface area contributed by atoms with Crippen molar-refractivity contribution in [3.8, 4) is 11.5 Å². The van der Waals surface area contributed by atoms with Gasteiger partial charge in [-0.25, -0.2) is 4.39 Å². The number of hydrogen-bond acceptors (Lipinski definition) is 2. The van der Waals surface area contributed by atoms with Crippen LogP contribution in [0, 0.1) is 5.82 Å². The molecule has 0 saturated heterocycles. The Kier molecular flexibility index (Phi) is 2.83. The minimum atomic E-state index is -0.262. The maximum absolute atomic E-state index is 13.5. The standard InChI is InChI=1S/C15H12FNO2/c16-12-4-3-5-13-11(12)8-10(17-13)9-19-15-7-2-1-6-14(15)18/h1-8,17-18H,9H2. The van der Waals surface area contributed by atoms with Crippen molar-refractivity contribution in [3.05, 3.63) is 60.0 Å². The lowest BCUT2D eigenvalue weighted by Gasteiger charge is -2.05. The maximum atomic E-state index is 13.5. The van der Waals surface area contributed by atoms with Gasteiger partial charge in [0.05, 0.1) is 5.69 Å². The van der Waals surface area contributed by atoms with Crippen LogP contribution in [0.25, 0.3) is 10.9 Å². The zero-order valence-electron chi connectivity index (χ0n) is 10.1. The monoisotopic (exact) mass is 257 g/mol. The molecular formula is C15H12FNO2. The van der Waals surface area contributed by atoms with Crippen molar-refractivity contribution in [2.24, 2.45) is 0 Å². The van der Waals surface area contributed by atoms with Gasteiger partial charge in [-0.15, -0.1) is 0 Å². The molecule has 0 saturated carbocycles. The van der Waals surface area contributed by atoms with Gasteiger partial charge in [0.15, 0.2) is 11.5 Å². The van der Waals surface area contributed by atoms with Crippen LogP contribution in [0.1, 0.15) is 5.69 Å². The summed E-state index contributed by atoms with van der Waals surface area (Å²) >= 11 is 0. The predicted molar refractivity (Wildman–Crippen MR) is 70.7 cm³/mol. The van der Waals surface area contributed by atoms with Crippen LogP contribution in [-0.2, 0) is 6.61 Å². The Hall–Kier alpha value is -2.49. The summed E-state index contributed by atoms with van der Waals surface area (Å²) < 4.78 is 19.0. The maximum Gasteiger partial charge on any atom is 0.161 e. The number of aromatic amines is 1. The molecule has 0 aliphatic heterocycles. The lowest BCUT2D eigenvalue weighted by atomic mass is 10.2. The second-order valence-corrected chi connectivity index (χ2v) is 4.25. The molecule has 0 bridgehead atoms. The van der Waals surface area contributed by atoms with Crippen LogP contribution in [0.2, 0.25) is 0 Å². The number of H-pyrrole nitrogens is 1. The normalized spacial score (nSPS) is 10.8. The van der Waals surface area contributed by atoms with Gasteiger partial charge in [0, 0.05) is 10.9 Å². The first-order valence-corrected chi connectivity index (χ1v) is 5.91. The lowest BCUT2D eigenvalue weighted by molar-refractivity contribution is 0.286. The number of phenols is 1. The fourth-order valence-electron chi connectivity index (χ4n) is 1.99. The summed E-state index contributed by atoms with van der Waals surface area (Å²) in [6, 6.07) is 13.3. The number of benzene rings is 2. The summed E-state index contributed by atoms with van der Waals surface area (Å²) in [5.74, 6) is 0.231. The Balaban J connectivity index is 1.83. The highest BCUT2D eigenvalue weighted by atomic mass is 19.1. The van der Waals surface area contributed by atoms with E-state index in [-0.39, 0.29) is 18.2 Å². The second-order valence-electron chi connectivity index (χ2n) is 4.25. The number of aromatic hydroxyl groups is 1. The van der Waals surface area contributed by atoms with E-state index in [1.54, 1.807) is 36.4 Å². The topological polar surface area (TPSA) is 45.2 Å². The highest BCUT2D eigenvalue weighted by molar-refractivity contribution is 5.80. The Morgan fingerprint density at radius 1 is 1.11 bits per heavy atom. The fourth-order valence-corrected chi connectivity index (χ4v) is 1.99. The molecule has 0 amide bonds. The third-order valence-electron chi connectivity index (χ3n) is 2.92. The van der Waals surface area contributed by atoms with Gasteiger partial charge >= 0.3 is 0 Å². The average Bonchev–Trinajstić information content (AvgIpc) is 2.82. The lowest BCUT2D eigenvalue weighted by Crippen LogP contribution is -1.95. The number of ether oxygens (including phenoxy) is 1. The van der Waals surface area contributed by atoms with Gasteiger partial charge < -0.3 is 14.8 Å². The van der Waals surface area contributed by atoms with Gasteiger partial charge in [0.2, 0.25) is 0 Å². The molecule has 3 rings (SSSR count). The number of aromatic nitrogens is 1. The number of para-hydroxylation sites is 2. The van der Waals surface area contributed by atoms with Crippen molar-refractivity contribution in [1.82, 2.24) is 4.98 Å². The van der Waals surface area contributed by atoms with Gasteiger partial charge in [-0.1, -0.05) is 18.2 Å². The Morgan fingerprint density at radius 2 is 1.95 bits per heavy atom. The highest BCUT2D eigenvalue weighted by Crippen LogP contribution is 2.26. The van der Waals surface area contributed by atoms with E-state index in [4.69, 9.17) is 4.74 Å². The van der Waals surface area contributed by atoms with E-state index in [2.05, 4.69) is 4.98 Å². The molecule has 3 aromatic rings. The SMILES string of the molecule is Oc1ccccc1OCc1cc2c(F)cccc2[nH]1. The molecule has 2 aromatic carbocycles. The number of rotatable bonds is 3. The summed E-state index contributed by atoms with van der Waals surface area (Å²) in [5, 5.41) is 10.1. The molecule has 0 unspecified atom stereocenters. The molecule has 0 atom stereocenters. The summed E-state index contributed by atoms with van der Waals surface area (Å²) in [4.78, 5) is 3.08. The van der Waals surface area contributed by atoms with E-state index >= 15 is 0 Å². The van der Waals surface area contributed by atoms with Crippen molar-refractivity contribution in [1.29, 1.82) is 0 Å². The van der Waals surface area contributed by atoms with E-state index < -0.39 is 0 Å². The molecule has 0 aliphatic carbocycles. The van der Waals surface area contributed by atoms with Crippen LogP contribution in [0.3, 0.4) is 0 Å². The molecule has 96 valence electrons. The zero-order chi connectivity index (χ0) is 13.2. The minimum absolute atomic E-state index is 0.0878. The molecule has 2 N–H and O–H groups in total. The first kappa shape index (κ1) is 11.6. The summed E-state index contributed by atoms with van der Waals surface area (Å²) in [6.45, 7) is 0.242. The summed E-state index contributed by atoms with van der Waals surface area (Å²) in [6.07, 6.45) is 0. The third-order valence-corrected chi connectivity index (χ3v) is 2.92. The molecule has 0 fully saturated rings. The smallest absolute Gasteiger partial charge is 0.161 e. The summed E-state index contributed by atoms with van der Waals surface area (Å²) in [7, 11) is 0. The van der Waals surface area contributed by atoms with Crippen molar-refractivity contribution < 1.29 is 14.2 Å². The number of hydrogen-bond donors (Lipinski definition) is 2. The Bertz CT molecular complexity index is 721. The van der Waals surface area contributed by atoms with Gasteiger partial charge in [-0.05, 0) is 30.3 Å². The molecule has 19 heavy (non-hydrogen) atoms. The second kappa shape index (κ2) is 4.65. The molecular weight excluding hydrogens is 245 g/mol. The van der Waals surface area contributed by atoms with Crippen LogP contribution in [0.15, 0.2) is 48.5 Å². The number of halogens is 1. The quantitative estimate of drug-likeness (QED) is 0.753. The molecule has 1 heterocycles. The van der Waals surface area contributed by atoms with Crippen LogP contribution in [0.4, 0.5) is 4.39 Å². The predicted octanol–water partition coefficient (Wildman–Crippen LogP) is 3.59.